The zero-order chi connectivity index (χ0) is 93.5. The number of carbonyl (C=O) groups excluding carboxylic acids is 3. The highest BCUT2D eigenvalue weighted by Crippen LogP contribution is 2.40. The SMILES string of the molecule is CCOC(=O)c1cnc2c(Cl)cc(Cl)nn12.CCOC(=O)c1cnc2c(N(Cc3ccc(OC)cc3)C3CC3)cc(Cl)nn12.CCOC(=O)c1cnc2c(NC3CC3)cc(Nc3cc(C#N)cc(C(F)(F)F)c3)nn12.COc1ccc(CNC2CC2)cc1.N#Cc1cc(N)cc(C(F)(F)F)c1.N#Cc1cc(Nc2cc(NC3CC3)c3ncc(C(=O)O)n3n2)cc(C(F)(F)F)c1. The number of carboxylic acid groups (broad SMARTS) is 1. The molecule has 13 aromatic rings. The van der Waals surface area contributed by atoms with E-state index in [9.17, 15) is 63.8 Å². The van der Waals surface area contributed by atoms with Crippen LogP contribution in [0.2, 0.25) is 15.3 Å². The van der Waals surface area contributed by atoms with Crippen molar-refractivity contribution in [1.82, 2.24) is 63.7 Å². The second kappa shape index (κ2) is 41.5. The lowest BCUT2D eigenvalue weighted by atomic mass is 10.1. The summed E-state index contributed by atoms with van der Waals surface area (Å²) in [5, 5.41) is 68.8. The van der Waals surface area contributed by atoms with E-state index in [1.54, 1.807) is 71.4 Å². The van der Waals surface area contributed by atoms with E-state index in [2.05, 4.69) is 83.9 Å². The maximum atomic E-state index is 13.2. The van der Waals surface area contributed by atoms with Crippen LogP contribution in [0, 0.1) is 34.0 Å². The summed E-state index contributed by atoms with van der Waals surface area (Å²) < 4.78 is 146. The molecule has 0 spiro atoms. The summed E-state index contributed by atoms with van der Waals surface area (Å²) in [7, 11) is 3.35. The van der Waals surface area contributed by atoms with E-state index in [4.69, 9.17) is 80.0 Å². The van der Waals surface area contributed by atoms with Crippen molar-refractivity contribution in [2.75, 3.05) is 65.9 Å². The number of benzene rings is 5. The zero-order valence-electron chi connectivity index (χ0n) is 69.3. The van der Waals surface area contributed by atoms with Crippen LogP contribution < -0.4 is 46.7 Å². The number of aromatic nitrogens is 12. The van der Waals surface area contributed by atoms with Crippen molar-refractivity contribution >= 4 is 127 Å². The molecule has 0 bridgehead atoms. The van der Waals surface area contributed by atoms with Gasteiger partial charge in [0.05, 0.1) is 133 Å². The fourth-order valence-corrected chi connectivity index (χ4v) is 13.1. The molecule has 0 aliphatic heterocycles. The number of nitrogens with one attached hydrogen (secondary N) is 5. The van der Waals surface area contributed by atoms with Crippen molar-refractivity contribution in [2.24, 2.45) is 0 Å². The molecule has 4 fully saturated rings. The highest BCUT2D eigenvalue weighted by molar-refractivity contribution is 6.36. The number of hydrogen-bond acceptors (Lipinski definition) is 27. The lowest BCUT2D eigenvalue weighted by Crippen LogP contribution is -2.26. The number of halogens is 12. The number of esters is 3. The Kier molecular flexibility index (Phi) is 30.2. The van der Waals surface area contributed by atoms with Crippen LogP contribution in [0.3, 0.4) is 0 Å². The smallest absolute Gasteiger partial charge is 0.416 e. The summed E-state index contributed by atoms with van der Waals surface area (Å²) in [4.78, 5) is 66.4. The quantitative estimate of drug-likeness (QED) is 0.0128. The van der Waals surface area contributed by atoms with Crippen LogP contribution in [0.15, 0.2) is 152 Å². The normalized spacial score (nSPS) is 13.2. The number of rotatable bonds is 24. The molecule has 130 heavy (non-hydrogen) atoms. The van der Waals surface area contributed by atoms with Gasteiger partial charge in [-0.3, -0.25) is 0 Å². The molecule has 4 saturated carbocycles. The fourth-order valence-electron chi connectivity index (χ4n) is 12.4. The first kappa shape index (κ1) is 94.7. The van der Waals surface area contributed by atoms with Gasteiger partial charge in [0.1, 0.15) is 11.5 Å². The number of carboxylic acids is 1. The summed E-state index contributed by atoms with van der Waals surface area (Å²) in [6.07, 6.45) is 0.372. The molecule has 676 valence electrons. The van der Waals surface area contributed by atoms with Crippen LogP contribution in [-0.4, -0.2) is 146 Å². The van der Waals surface area contributed by atoms with E-state index in [0.29, 0.717) is 56.7 Å². The first-order valence-electron chi connectivity index (χ1n) is 39.8. The number of imidazole rings is 4. The van der Waals surface area contributed by atoms with Crippen LogP contribution >= 0.6 is 34.8 Å². The first-order valence-corrected chi connectivity index (χ1v) is 40.9. The number of methoxy groups -OCH3 is 2. The van der Waals surface area contributed by atoms with Gasteiger partial charge in [-0.25, -0.2) is 57.2 Å². The molecule has 44 heteroatoms. The second-order valence-corrected chi connectivity index (χ2v) is 30.3. The standard InChI is InChI=1S/C20H21ClN4O3.C20H17F3N6O2.C18H13F3N6O2.C11H15NO.C9H7Cl2N3O2.C8H5F3N2/c1-3-28-20(26)17-11-22-19-16(10-18(21)23-25(17)19)24(14-6-7-14)12-13-4-8-15(27-2)9-5-13;1-2-31-19(30)16-10-25-18-15(26-13-3-4-13)8-17(28-29(16)18)27-14-6-11(9-24)5-12(7-14)20(21,22)23;19-18(20,21)10-3-9(7-22)4-12(5-10)25-15-6-13(24-11-1-2-11)16-23-8-14(17(28)29)27(16)26-15;1-13-11-6-2-9(3-7-11)8-12-10-4-5-10;1-2-16-9(15)6-4-12-8-5(10)3-7(11)13-14(6)8;9-8(10,11)6-1-5(4-12)2-7(13)3-6/h4-5,8-11,14H,3,6-7,12H2,1-2H3;5-8,10,13,26H,2-4H2,1H3,(H,27,28);3-6,8,11,24H,1-2H2,(H,25,26)(H,28,29);2-3,6-7,10,12H,4-5,8H2,1H3;3-4H,2H2,1H3;1-3H,13H2. The number of aromatic carboxylic acids is 1. The minimum atomic E-state index is -4.62. The molecular formula is C86H78Cl3F9N22O10. The Morgan fingerprint density at radius 3 is 1.28 bits per heavy atom. The van der Waals surface area contributed by atoms with Crippen molar-refractivity contribution in [3.8, 4) is 29.7 Å². The highest BCUT2D eigenvalue weighted by atomic mass is 35.5. The van der Waals surface area contributed by atoms with Crippen LogP contribution in [0.25, 0.3) is 22.6 Å². The summed E-state index contributed by atoms with van der Waals surface area (Å²) in [5.41, 5.74) is 8.31. The number of fused-ring (bicyclic) bond motifs is 4. The largest absolute Gasteiger partial charge is 0.497 e. The highest BCUT2D eigenvalue weighted by Gasteiger charge is 2.36. The molecule has 0 atom stereocenters. The zero-order valence-corrected chi connectivity index (χ0v) is 71.6. The van der Waals surface area contributed by atoms with E-state index in [0.717, 1.165) is 121 Å². The number of ether oxygens (including phenoxy) is 5. The number of hydrogen-bond donors (Lipinski definition) is 7. The van der Waals surface area contributed by atoms with Crippen LogP contribution in [-0.2, 0) is 45.8 Å². The van der Waals surface area contributed by atoms with Crippen molar-refractivity contribution in [1.29, 1.82) is 15.8 Å². The molecule has 32 nitrogen and oxygen atoms in total. The van der Waals surface area contributed by atoms with Gasteiger partial charge in [-0.2, -0.15) is 65.5 Å². The Morgan fingerprint density at radius 2 is 0.869 bits per heavy atom. The van der Waals surface area contributed by atoms with Crippen molar-refractivity contribution in [3.63, 3.8) is 0 Å². The van der Waals surface area contributed by atoms with Crippen LogP contribution in [0.4, 0.5) is 85.3 Å². The number of nitrogens with two attached hydrogens (primary N) is 1. The minimum Gasteiger partial charge on any atom is -0.497 e. The Balaban J connectivity index is 0.000000146. The summed E-state index contributed by atoms with van der Waals surface area (Å²) in [5.74, 6) is -0.830. The number of nitriles is 3. The van der Waals surface area contributed by atoms with Gasteiger partial charge in [0.2, 0.25) is 0 Å². The molecule has 8 heterocycles. The van der Waals surface area contributed by atoms with E-state index in [1.807, 2.05) is 36.4 Å². The Morgan fingerprint density at radius 1 is 0.485 bits per heavy atom. The monoisotopic (exact) mass is 1850 g/mol. The van der Waals surface area contributed by atoms with Crippen LogP contribution in [0.1, 0.15) is 159 Å². The van der Waals surface area contributed by atoms with Crippen molar-refractivity contribution in [3.05, 3.63) is 235 Å². The van der Waals surface area contributed by atoms with Gasteiger partial charge in [0.15, 0.2) is 67.3 Å². The molecule has 5 aromatic carbocycles. The van der Waals surface area contributed by atoms with Gasteiger partial charge in [-0.15, -0.1) is 10.2 Å². The number of carbonyl (C=O) groups is 4. The Hall–Kier alpha value is -14.5. The van der Waals surface area contributed by atoms with Gasteiger partial charge in [-0.1, -0.05) is 59.1 Å². The third-order valence-electron chi connectivity index (χ3n) is 19.2. The molecule has 4 aliphatic rings. The van der Waals surface area contributed by atoms with E-state index in [1.165, 1.54) is 74.8 Å². The number of nitrogens with zero attached hydrogens (tertiary/aromatic N) is 16. The maximum Gasteiger partial charge on any atom is 0.416 e. The number of anilines is 8. The maximum absolute atomic E-state index is 13.2. The van der Waals surface area contributed by atoms with Gasteiger partial charge in [0, 0.05) is 72.5 Å². The van der Waals surface area contributed by atoms with E-state index >= 15 is 0 Å². The lowest BCUT2D eigenvalue weighted by molar-refractivity contribution is -0.138. The van der Waals surface area contributed by atoms with E-state index in [-0.39, 0.29) is 105 Å². The third kappa shape index (κ3) is 25.1. The predicted molar refractivity (Wildman–Crippen MR) is 460 cm³/mol. The average molecular weight is 1860 g/mol. The van der Waals surface area contributed by atoms with Gasteiger partial charge < -0.3 is 66.0 Å². The predicted octanol–water partition coefficient (Wildman–Crippen LogP) is 17.8. The lowest BCUT2D eigenvalue weighted by Gasteiger charge is -2.25. The third-order valence-corrected chi connectivity index (χ3v) is 19.8. The molecule has 8 N–H and O–H groups in total. The molecule has 0 saturated heterocycles. The van der Waals surface area contributed by atoms with Gasteiger partial charge in [0.25, 0.3) is 0 Å². The van der Waals surface area contributed by atoms with Crippen LogP contribution in [0.5, 0.6) is 11.5 Å². The first-order chi connectivity index (χ1) is 62.1. The number of alkyl halides is 9. The summed E-state index contributed by atoms with van der Waals surface area (Å²) >= 11 is 17.9. The van der Waals surface area contributed by atoms with Crippen molar-refractivity contribution in [2.45, 2.75) is 128 Å². The molecular weight excluding hydrogens is 1780 g/mol. The van der Waals surface area contributed by atoms with Gasteiger partial charge >= 0.3 is 42.4 Å². The number of nitrogen functional groups attached to an aromatic ring is 1. The Bertz CT molecular complexity index is 6440. The topological polar surface area (TPSA) is 416 Å². The molecule has 0 radical (unpaired) electrons. The summed E-state index contributed by atoms with van der Waals surface area (Å²) in [6, 6.07) is 37.8. The molecule has 0 unspecified atom stereocenters. The Labute approximate surface area is 748 Å². The second-order valence-electron chi connectivity index (χ2n) is 29.1. The summed E-state index contributed by atoms with van der Waals surface area (Å²) in [6.45, 7) is 7.55. The molecule has 0 amide bonds. The van der Waals surface area contributed by atoms with Gasteiger partial charge in [-0.05, 0) is 168 Å². The van der Waals surface area contributed by atoms with E-state index < -0.39 is 59.1 Å². The molecule has 4 aliphatic carbocycles. The molecule has 17 rings (SSSR count). The molecule has 8 aromatic heterocycles. The fraction of sp³-hybridized carbons (Fsp3) is 0.291. The average Bonchev–Trinajstić information content (AvgIpc) is 1.61. The van der Waals surface area contributed by atoms with Crippen molar-refractivity contribution < 1.29 is 87.5 Å². The minimum absolute atomic E-state index is 0.00223.